The summed E-state index contributed by atoms with van der Waals surface area (Å²) in [7, 11) is 0. The van der Waals surface area contributed by atoms with E-state index < -0.39 is 0 Å². The first-order chi connectivity index (χ1) is 9.57. The predicted octanol–water partition coefficient (Wildman–Crippen LogP) is 2.10. The van der Waals surface area contributed by atoms with Crippen molar-refractivity contribution in [2.24, 2.45) is 0 Å². The molecule has 0 heterocycles. The topological polar surface area (TPSA) is 61.4 Å². The highest BCUT2D eigenvalue weighted by molar-refractivity contribution is 5.74. The molecule has 4 heteroatoms. The summed E-state index contributed by atoms with van der Waals surface area (Å²) >= 11 is 0. The van der Waals surface area contributed by atoms with E-state index in [1.807, 2.05) is 13.0 Å². The van der Waals surface area contributed by atoms with Crippen molar-refractivity contribution in [3.63, 3.8) is 0 Å². The molecule has 1 aromatic carbocycles. The number of hydrogen-bond donors (Lipinski definition) is 3. The molecule has 0 aliphatic heterocycles. The van der Waals surface area contributed by atoms with Crippen molar-refractivity contribution in [3.8, 4) is 0 Å². The monoisotopic (exact) mass is 276 g/mol. The molecule has 110 valence electrons. The zero-order valence-electron chi connectivity index (χ0n) is 12.3. The van der Waals surface area contributed by atoms with Gasteiger partial charge in [-0.05, 0) is 44.2 Å². The summed E-state index contributed by atoms with van der Waals surface area (Å²) in [6, 6.07) is 8.24. The Morgan fingerprint density at radius 3 is 2.70 bits per heavy atom. The summed E-state index contributed by atoms with van der Waals surface area (Å²) in [4.78, 5) is 11.8. The number of carbonyl (C=O) groups is 1. The molecule has 3 N–H and O–H groups in total. The molecular weight excluding hydrogens is 252 g/mol. The van der Waals surface area contributed by atoms with E-state index in [-0.39, 0.29) is 24.1 Å². The standard InChI is InChI=1S/C16H24N2O2/c1-12-5-3-4-6-14(12)16(8-9-16)11-17-15(20)18-13(2)7-10-19/h3-6,13,19H,7-11H2,1-2H3,(H2,17,18,20)/t13-/m1/s1. The number of aliphatic hydroxyl groups is 1. The number of aliphatic hydroxyl groups excluding tert-OH is 1. The van der Waals surface area contributed by atoms with Crippen LogP contribution in [0.1, 0.15) is 37.3 Å². The van der Waals surface area contributed by atoms with Gasteiger partial charge in [0.15, 0.2) is 0 Å². The average Bonchev–Trinajstić information content (AvgIpc) is 3.18. The maximum atomic E-state index is 11.8. The highest BCUT2D eigenvalue weighted by atomic mass is 16.3. The van der Waals surface area contributed by atoms with E-state index in [4.69, 9.17) is 5.11 Å². The van der Waals surface area contributed by atoms with Crippen LogP contribution in [0.25, 0.3) is 0 Å². The van der Waals surface area contributed by atoms with Crippen molar-refractivity contribution < 1.29 is 9.90 Å². The second-order valence-electron chi connectivity index (χ2n) is 5.84. The maximum absolute atomic E-state index is 11.8. The summed E-state index contributed by atoms with van der Waals surface area (Å²) in [6.45, 7) is 4.78. The van der Waals surface area contributed by atoms with E-state index >= 15 is 0 Å². The molecule has 1 saturated carbocycles. The van der Waals surface area contributed by atoms with Gasteiger partial charge in [0.05, 0.1) is 0 Å². The Kier molecular flexibility index (Phi) is 4.65. The van der Waals surface area contributed by atoms with Gasteiger partial charge in [-0.1, -0.05) is 24.3 Å². The second-order valence-corrected chi connectivity index (χ2v) is 5.84. The van der Waals surface area contributed by atoms with Crippen LogP contribution in [-0.2, 0) is 5.41 Å². The van der Waals surface area contributed by atoms with Crippen LogP contribution in [0.3, 0.4) is 0 Å². The van der Waals surface area contributed by atoms with Crippen LogP contribution in [-0.4, -0.2) is 30.3 Å². The zero-order valence-corrected chi connectivity index (χ0v) is 12.3. The molecule has 1 aromatic rings. The Labute approximate surface area is 120 Å². The van der Waals surface area contributed by atoms with E-state index in [0.717, 1.165) is 12.8 Å². The Morgan fingerprint density at radius 2 is 2.10 bits per heavy atom. The van der Waals surface area contributed by atoms with Crippen molar-refractivity contribution in [3.05, 3.63) is 35.4 Å². The molecule has 4 nitrogen and oxygen atoms in total. The van der Waals surface area contributed by atoms with Gasteiger partial charge in [-0.3, -0.25) is 0 Å². The van der Waals surface area contributed by atoms with Crippen LogP contribution in [0.2, 0.25) is 0 Å². The maximum Gasteiger partial charge on any atom is 0.315 e. The minimum Gasteiger partial charge on any atom is -0.396 e. The van der Waals surface area contributed by atoms with Gasteiger partial charge in [0.1, 0.15) is 0 Å². The lowest BCUT2D eigenvalue weighted by atomic mass is 9.92. The van der Waals surface area contributed by atoms with Crippen LogP contribution < -0.4 is 10.6 Å². The molecule has 0 radical (unpaired) electrons. The van der Waals surface area contributed by atoms with Gasteiger partial charge in [-0.25, -0.2) is 4.79 Å². The van der Waals surface area contributed by atoms with Crippen LogP contribution in [0.5, 0.6) is 0 Å². The van der Waals surface area contributed by atoms with E-state index in [2.05, 4.69) is 35.8 Å². The summed E-state index contributed by atoms with van der Waals surface area (Å²) in [5.41, 5.74) is 2.77. The number of aryl methyl sites for hydroxylation is 1. The molecule has 20 heavy (non-hydrogen) atoms. The second kappa shape index (κ2) is 6.27. The van der Waals surface area contributed by atoms with Crippen molar-refractivity contribution in [1.82, 2.24) is 10.6 Å². The highest BCUT2D eigenvalue weighted by Gasteiger charge is 2.45. The van der Waals surface area contributed by atoms with Crippen LogP contribution in [0, 0.1) is 6.92 Å². The minimum absolute atomic E-state index is 0.00591. The van der Waals surface area contributed by atoms with Crippen molar-refractivity contribution in [2.45, 2.75) is 44.6 Å². The van der Waals surface area contributed by atoms with E-state index in [1.54, 1.807) is 0 Å². The fraction of sp³-hybridized carbons (Fsp3) is 0.562. The first-order valence-corrected chi connectivity index (χ1v) is 7.29. The van der Waals surface area contributed by atoms with Gasteiger partial charge < -0.3 is 15.7 Å². The number of carbonyl (C=O) groups excluding carboxylic acids is 1. The fourth-order valence-electron chi connectivity index (χ4n) is 2.65. The number of rotatable bonds is 6. The molecule has 1 fully saturated rings. The quantitative estimate of drug-likeness (QED) is 0.745. The zero-order chi connectivity index (χ0) is 14.6. The Morgan fingerprint density at radius 1 is 1.40 bits per heavy atom. The van der Waals surface area contributed by atoms with E-state index in [1.165, 1.54) is 11.1 Å². The Hall–Kier alpha value is -1.55. The van der Waals surface area contributed by atoms with Gasteiger partial charge in [0, 0.05) is 24.6 Å². The fourth-order valence-corrected chi connectivity index (χ4v) is 2.65. The highest BCUT2D eigenvalue weighted by Crippen LogP contribution is 2.48. The van der Waals surface area contributed by atoms with Gasteiger partial charge >= 0.3 is 6.03 Å². The smallest absolute Gasteiger partial charge is 0.315 e. The first-order valence-electron chi connectivity index (χ1n) is 7.29. The number of hydrogen-bond acceptors (Lipinski definition) is 2. The Balaban J connectivity index is 1.88. The molecule has 0 unspecified atom stereocenters. The molecule has 2 amide bonds. The molecule has 2 rings (SSSR count). The minimum atomic E-state index is -0.147. The van der Waals surface area contributed by atoms with E-state index in [9.17, 15) is 4.79 Å². The third-order valence-corrected chi connectivity index (χ3v) is 4.10. The summed E-state index contributed by atoms with van der Waals surface area (Å²) in [6.07, 6.45) is 2.84. The van der Waals surface area contributed by atoms with Gasteiger partial charge in [0.25, 0.3) is 0 Å². The van der Waals surface area contributed by atoms with Gasteiger partial charge in [0.2, 0.25) is 0 Å². The number of nitrogens with one attached hydrogen (secondary N) is 2. The normalized spacial score (nSPS) is 17.4. The Bertz CT molecular complexity index is 469. The van der Waals surface area contributed by atoms with Crippen LogP contribution in [0.15, 0.2) is 24.3 Å². The lowest BCUT2D eigenvalue weighted by molar-refractivity contribution is 0.230. The van der Waals surface area contributed by atoms with E-state index in [0.29, 0.717) is 13.0 Å². The molecule has 0 bridgehead atoms. The third kappa shape index (κ3) is 3.51. The molecule has 1 aliphatic carbocycles. The third-order valence-electron chi connectivity index (χ3n) is 4.10. The number of benzene rings is 1. The van der Waals surface area contributed by atoms with Crippen molar-refractivity contribution in [2.75, 3.05) is 13.2 Å². The van der Waals surface area contributed by atoms with Crippen molar-refractivity contribution >= 4 is 6.03 Å². The van der Waals surface area contributed by atoms with Crippen molar-refractivity contribution in [1.29, 1.82) is 0 Å². The summed E-state index contributed by atoms with van der Waals surface area (Å²) < 4.78 is 0. The SMILES string of the molecule is Cc1ccccc1C1(CNC(=O)N[C@H](C)CCO)CC1. The molecule has 1 atom stereocenters. The lowest BCUT2D eigenvalue weighted by Crippen LogP contribution is -2.43. The van der Waals surface area contributed by atoms with Crippen LogP contribution >= 0.6 is 0 Å². The first kappa shape index (κ1) is 14.9. The average molecular weight is 276 g/mol. The molecule has 0 spiro atoms. The van der Waals surface area contributed by atoms with Gasteiger partial charge in [-0.2, -0.15) is 0 Å². The number of urea groups is 1. The summed E-state index contributed by atoms with van der Waals surface area (Å²) in [5.74, 6) is 0. The molecule has 0 saturated heterocycles. The van der Waals surface area contributed by atoms with Crippen LogP contribution in [0.4, 0.5) is 4.79 Å². The molecule has 1 aliphatic rings. The number of amides is 2. The predicted molar refractivity (Wildman–Crippen MR) is 79.8 cm³/mol. The largest absolute Gasteiger partial charge is 0.396 e. The molecule has 0 aromatic heterocycles. The molecular formula is C16H24N2O2. The summed E-state index contributed by atoms with van der Waals surface area (Å²) in [5, 5.41) is 14.6. The van der Waals surface area contributed by atoms with Gasteiger partial charge in [-0.15, -0.1) is 0 Å². The lowest BCUT2D eigenvalue weighted by Gasteiger charge is -2.20.